The minimum absolute atomic E-state index is 0.221. The van der Waals surface area contributed by atoms with E-state index in [0.29, 0.717) is 6.42 Å². The minimum atomic E-state index is -0.221. The molecule has 0 unspecified atom stereocenters. The molecule has 0 radical (unpaired) electrons. The molecule has 0 fully saturated rings. The van der Waals surface area contributed by atoms with Crippen molar-refractivity contribution >= 4 is 5.91 Å². The fourth-order valence-electron chi connectivity index (χ4n) is 0.628. The summed E-state index contributed by atoms with van der Waals surface area (Å²) in [6.07, 6.45) is 7.61. The van der Waals surface area contributed by atoms with Crippen LogP contribution in [0.15, 0.2) is 12.2 Å². The van der Waals surface area contributed by atoms with Gasteiger partial charge in [-0.25, -0.2) is 0 Å². The van der Waals surface area contributed by atoms with Gasteiger partial charge >= 0.3 is 0 Å². The Morgan fingerprint density at radius 1 is 1.40 bits per heavy atom. The van der Waals surface area contributed by atoms with Gasteiger partial charge in [0.05, 0.1) is 0 Å². The Morgan fingerprint density at radius 2 is 2.00 bits per heavy atom. The lowest BCUT2D eigenvalue weighted by Crippen LogP contribution is -2.08. The Morgan fingerprint density at radius 3 is 2.50 bits per heavy atom. The number of carbonyl (C=O) groups is 1. The van der Waals surface area contributed by atoms with Gasteiger partial charge in [-0.2, -0.15) is 0 Å². The zero-order valence-corrected chi connectivity index (χ0v) is 6.47. The molecule has 0 aliphatic heterocycles. The van der Waals surface area contributed by atoms with Gasteiger partial charge in [0.1, 0.15) is 0 Å². The molecular weight excluding hydrogens is 126 g/mol. The van der Waals surface area contributed by atoms with Crippen LogP contribution in [0.5, 0.6) is 0 Å². The summed E-state index contributed by atoms with van der Waals surface area (Å²) in [5.41, 5.74) is 4.93. The highest BCUT2D eigenvalue weighted by Crippen LogP contribution is 1.93. The van der Waals surface area contributed by atoms with Gasteiger partial charge in [0.25, 0.3) is 0 Å². The van der Waals surface area contributed by atoms with Crippen molar-refractivity contribution < 1.29 is 4.79 Å². The highest BCUT2D eigenvalue weighted by Gasteiger charge is 1.87. The van der Waals surface area contributed by atoms with Crippen molar-refractivity contribution in [3.63, 3.8) is 0 Å². The van der Waals surface area contributed by atoms with E-state index in [1.54, 1.807) is 0 Å². The number of rotatable bonds is 5. The van der Waals surface area contributed by atoms with Crippen LogP contribution in [0.4, 0.5) is 0 Å². The average Bonchev–Trinajstić information content (AvgIpc) is 1.87. The molecule has 0 rings (SSSR count). The van der Waals surface area contributed by atoms with Gasteiger partial charge in [0.2, 0.25) is 5.91 Å². The van der Waals surface area contributed by atoms with E-state index in [-0.39, 0.29) is 5.91 Å². The quantitative estimate of drug-likeness (QED) is 0.581. The molecule has 0 aromatic carbocycles. The smallest absolute Gasteiger partial charge is 0.217 e. The summed E-state index contributed by atoms with van der Waals surface area (Å²) in [5.74, 6) is -0.221. The lowest BCUT2D eigenvalue weighted by Gasteiger charge is -1.87. The first-order valence-electron chi connectivity index (χ1n) is 3.70. The van der Waals surface area contributed by atoms with Crippen molar-refractivity contribution in [1.82, 2.24) is 0 Å². The Kier molecular flexibility index (Phi) is 5.83. The summed E-state index contributed by atoms with van der Waals surface area (Å²) in [4.78, 5) is 10.2. The van der Waals surface area contributed by atoms with Crippen LogP contribution in [-0.2, 0) is 4.79 Å². The van der Waals surface area contributed by atoms with E-state index in [2.05, 4.69) is 13.0 Å². The van der Waals surface area contributed by atoms with Crippen LogP contribution < -0.4 is 5.73 Å². The molecule has 0 aliphatic rings. The number of carbonyl (C=O) groups excluding carboxylic acids is 1. The molecule has 2 heteroatoms. The van der Waals surface area contributed by atoms with Crippen LogP contribution >= 0.6 is 0 Å². The average molecular weight is 141 g/mol. The summed E-state index contributed by atoms with van der Waals surface area (Å²) in [6, 6.07) is 0. The molecule has 0 atom stereocenters. The second-order valence-electron chi connectivity index (χ2n) is 2.27. The molecule has 0 aliphatic carbocycles. The van der Waals surface area contributed by atoms with Gasteiger partial charge in [-0.3, -0.25) is 4.79 Å². The summed E-state index contributed by atoms with van der Waals surface area (Å²) >= 11 is 0. The van der Waals surface area contributed by atoms with Crippen LogP contribution in [-0.4, -0.2) is 5.91 Å². The monoisotopic (exact) mass is 141 g/mol. The molecular formula is C8H15NO. The molecule has 2 N–H and O–H groups in total. The number of hydrogen-bond donors (Lipinski definition) is 1. The van der Waals surface area contributed by atoms with Gasteiger partial charge in [0, 0.05) is 6.42 Å². The molecule has 10 heavy (non-hydrogen) atoms. The largest absolute Gasteiger partial charge is 0.370 e. The summed E-state index contributed by atoms with van der Waals surface area (Å²) < 4.78 is 0. The first-order chi connectivity index (χ1) is 4.77. The number of amides is 1. The highest BCUT2D eigenvalue weighted by molar-refractivity contribution is 5.73. The third kappa shape index (κ3) is 7.21. The molecule has 58 valence electrons. The van der Waals surface area contributed by atoms with Crippen molar-refractivity contribution in [3.8, 4) is 0 Å². The molecule has 2 nitrogen and oxygen atoms in total. The molecule has 0 spiro atoms. The Balaban J connectivity index is 3.10. The van der Waals surface area contributed by atoms with E-state index < -0.39 is 0 Å². The molecule has 0 saturated heterocycles. The lowest BCUT2D eigenvalue weighted by atomic mass is 10.2. The molecule has 0 aromatic rings. The van der Waals surface area contributed by atoms with Crippen LogP contribution in [0.25, 0.3) is 0 Å². The number of nitrogens with two attached hydrogens (primary N) is 1. The number of hydrogen-bond acceptors (Lipinski definition) is 1. The van der Waals surface area contributed by atoms with Crippen LogP contribution in [0.2, 0.25) is 0 Å². The third-order valence-electron chi connectivity index (χ3n) is 1.18. The van der Waals surface area contributed by atoms with Crippen LogP contribution in [0, 0.1) is 0 Å². The van der Waals surface area contributed by atoms with Crippen molar-refractivity contribution in [2.75, 3.05) is 0 Å². The van der Waals surface area contributed by atoms with Gasteiger partial charge < -0.3 is 5.73 Å². The summed E-state index contributed by atoms with van der Waals surface area (Å²) in [6.45, 7) is 2.12. The van der Waals surface area contributed by atoms with E-state index in [4.69, 9.17) is 5.73 Å². The Hall–Kier alpha value is -0.790. The van der Waals surface area contributed by atoms with E-state index in [1.807, 2.05) is 6.08 Å². The molecule has 0 aromatic heterocycles. The maximum absolute atomic E-state index is 10.2. The standard InChI is InChI=1S/C8H15NO/c1-2-3-4-5-6-7-8(9)10/h4-5H,2-3,6-7H2,1H3,(H2,9,10)/b5-4-. The van der Waals surface area contributed by atoms with E-state index in [9.17, 15) is 4.79 Å². The van der Waals surface area contributed by atoms with Crippen molar-refractivity contribution in [2.24, 2.45) is 5.73 Å². The van der Waals surface area contributed by atoms with Crippen LogP contribution in [0.1, 0.15) is 32.6 Å². The lowest BCUT2D eigenvalue weighted by molar-refractivity contribution is -0.117. The molecule has 0 bridgehead atoms. The molecule has 0 saturated carbocycles. The maximum atomic E-state index is 10.2. The molecule has 1 amide bonds. The predicted octanol–water partition coefficient (Wildman–Crippen LogP) is 1.61. The maximum Gasteiger partial charge on any atom is 0.217 e. The number of primary amides is 1. The van der Waals surface area contributed by atoms with Gasteiger partial charge in [-0.15, -0.1) is 0 Å². The van der Waals surface area contributed by atoms with Crippen LogP contribution in [0.3, 0.4) is 0 Å². The molecule has 0 heterocycles. The second-order valence-corrected chi connectivity index (χ2v) is 2.27. The topological polar surface area (TPSA) is 43.1 Å². The first-order valence-corrected chi connectivity index (χ1v) is 3.70. The first kappa shape index (κ1) is 9.21. The Bertz CT molecular complexity index is 118. The number of unbranched alkanes of at least 4 members (excludes halogenated alkanes) is 1. The summed E-state index contributed by atoms with van der Waals surface area (Å²) in [7, 11) is 0. The van der Waals surface area contributed by atoms with Gasteiger partial charge in [-0.1, -0.05) is 25.5 Å². The SMILES string of the molecule is CCC/C=C\CCC(N)=O. The van der Waals surface area contributed by atoms with Crippen molar-refractivity contribution in [3.05, 3.63) is 12.2 Å². The zero-order chi connectivity index (χ0) is 7.82. The fraction of sp³-hybridized carbons (Fsp3) is 0.625. The second kappa shape index (κ2) is 6.33. The highest BCUT2D eigenvalue weighted by atomic mass is 16.1. The predicted molar refractivity (Wildman–Crippen MR) is 42.5 cm³/mol. The van der Waals surface area contributed by atoms with Crippen molar-refractivity contribution in [1.29, 1.82) is 0 Å². The van der Waals surface area contributed by atoms with E-state index in [0.717, 1.165) is 19.3 Å². The Labute approximate surface area is 62.1 Å². The summed E-state index contributed by atoms with van der Waals surface area (Å²) in [5, 5.41) is 0. The zero-order valence-electron chi connectivity index (χ0n) is 6.47. The van der Waals surface area contributed by atoms with Gasteiger partial charge in [0.15, 0.2) is 0 Å². The van der Waals surface area contributed by atoms with E-state index >= 15 is 0 Å². The normalized spacial score (nSPS) is 10.5. The minimum Gasteiger partial charge on any atom is -0.370 e. The van der Waals surface area contributed by atoms with Crippen molar-refractivity contribution in [2.45, 2.75) is 32.6 Å². The third-order valence-corrected chi connectivity index (χ3v) is 1.18. The van der Waals surface area contributed by atoms with Gasteiger partial charge in [-0.05, 0) is 12.8 Å². The van der Waals surface area contributed by atoms with E-state index in [1.165, 1.54) is 0 Å². The number of allylic oxidation sites excluding steroid dienone is 2. The fourth-order valence-corrected chi connectivity index (χ4v) is 0.628.